The molecule has 84 valence electrons. The summed E-state index contributed by atoms with van der Waals surface area (Å²) in [5.41, 5.74) is 10.0. The highest BCUT2D eigenvalue weighted by molar-refractivity contribution is 5.68. The van der Waals surface area contributed by atoms with Crippen molar-refractivity contribution in [3.63, 3.8) is 0 Å². The zero-order chi connectivity index (χ0) is 11.2. The molecule has 1 aromatic carbocycles. The maximum absolute atomic E-state index is 6.50. The van der Waals surface area contributed by atoms with Crippen molar-refractivity contribution >= 4 is 6.08 Å². The number of benzene rings is 1. The molecule has 1 aliphatic heterocycles. The van der Waals surface area contributed by atoms with Crippen LogP contribution < -0.4 is 5.73 Å². The highest BCUT2D eigenvalue weighted by Crippen LogP contribution is 2.40. The molecular formula is C14H18N2. The molecular weight excluding hydrogens is 196 g/mol. The minimum atomic E-state index is -0.305. The van der Waals surface area contributed by atoms with E-state index in [0.29, 0.717) is 0 Å². The molecule has 16 heavy (non-hydrogen) atoms. The van der Waals surface area contributed by atoms with Gasteiger partial charge < -0.3 is 10.6 Å². The molecule has 0 bridgehead atoms. The lowest BCUT2D eigenvalue weighted by molar-refractivity contribution is 0.354. The summed E-state index contributed by atoms with van der Waals surface area (Å²) in [6.07, 6.45) is 4.86. The van der Waals surface area contributed by atoms with Gasteiger partial charge in [0, 0.05) is 18.8 Å². The van der Waals surface area contributed by atoms with E-state index in [1.807, 2.05) is 0 Å². The molecule has 1 saturated heterocycles. The Kier molecular flexibility index (Phi) is 2.08. The van der Waals surface area contributed by atoms with E-state index >= 15 is 0 Å². The lowest BCUT2D eigenvalue weighted by atomic mass is 9.93. The molecule has 2 heteroatoms. The van der Waals surface area contributed by atoms with Gasteiger partial charge in [0.2, 0.25) is 0 Å². The van der Waals surface area contributed by atoms with Crippen LogP contribution in [-0.4, -0.2) is 18.0 Å². The summed E-state index contributed by atoms with van der Waals surface area (Å²) in [5.74, 6) is 0. The first kappa shape index (κ1) is 9.91. The summed E-state index contributed by atoms with van der Waals surface area (Å²) in [5, 5.41) is 0. The molecule has 1 unspecified atom stereocenters. The number of likely N-dealkylation sites (tertiary alicyclic amines) is 1. The fourth-order valence-corrected chi connectivity index (χ4v) is 2.91. The van der Waals surface area contributed by atoms with Gasteiger partial charge in [0.05, 0.1) is 5.54 Å². The quantitative estimate of drug-likeness (QED) is 0.777. The third-order valence-corrected chi connectivity index (χ3v) is 3.79. The number of nitrogens with two attached hydrogens (primary N) is 1. The Hall–Kier alpha value is -1.28. The number of rotatable bonds is 1. The normalized spacial score (nSPS) is 28.1. The Morgan fingerprint density at radius 3 is 2.56 bits per heavy atom. The number of nitrogens with zero attached hydrogens (tertiary/aromatic N) is 1. The van der Waals surface area contributed by atoms with Crippen molar-refractivity contribution in [3.05, 3.63) is 41.1 Å². The molecule has 0 amide bonds. The molecule has 1 atom stereocenters. The second-order valence-corrected chi connectivity index (χ2v) is 5.01. The van der Waals surface area contributed by atoms with Crippen molar-refractivity contribution in [2.45, 2.75) is 25.3 Å². The molecule has 0 spiro atoms. The first-order valence-corrected chi connectivity index (χ1v) is 6.05. The third-order valence-electron chi connectivity index (χ3n) is 3.79. The maximum atomic E-state index is 6.50. The van der Waals surface area contributed by atoms with Crippen LogP contribution >= 0.6 is 0 Å². The minimum absolute atomic E-state index is 0.305. The Bertz CT molecular complexity index is 440. The van der Waals surface area contributed by atoms with E-state index in [4.69, 9.17) is 5.73 Å². The van der Waals surface area contributed by atoms with Gasteiger partial charge in [-0.2, -0.15) is 0 Å². The van der Waals surface area contributed by atoms with Crippen LogP contribution in [0.15, 0.2) is 30.0 Å². The second kappa shape index (κ2) is 3.36. The Balaban J connectivity index is 2.04. The van der Waals surface area contributed by atoms with Gasteiger partial charge in [0.1, 0.15) is 0 Å². The van der Waals surface area contributed by atoms with Gasteiger partial charge in [0.25, 0.3) is 0 Å². The first-order chi connectivity index (χ1) is 7.69. The van der Waals surface area contributed by atoms with Crippen LogP contribution in [-0.2, 0) is 5.54 Å². The summed E-state index contributed by atoms with van der Waals surface area (Å²) in [7, 11) is 0. The lowest BCUT2D eigenvalue weighted by Crippen LogP contribution is -2.40. The zero-order valence-corrected chi connectivity index (χ0v) is 9.74. The maximum Gasteiger partial charge on any atom is 0.0792 e. The molecule has 0 saturated carbocycles. The van der Waals surface area contributed by atoms with Gasteiger partial charge in [-0.25, -0.2) is 0 Å². The fraction of sp³-hybridized carbons (Fsp3) is 0.429. The fourth-order valence-electron chi connectivity index (χ4n) is 2.91. The van der Waals surface area contributed by atoms with E-state index in [9.17, 15) is 0 Å². The van der Waals surface area contributed by atoms with Crippen molar-refractivity contribution in [3.8, 4) is 0 Å². The molecule has 1 aliphatic carbocycles. The molecule has 1 heterocycles. The van der Waals surface area contributed by atoms with Gasteiger partial charge in [-0.1, -0.05) is 24.3 Å². The average Bonchev–Trinajstić information content (AvgIpc) is 2.86. The SMILES string of the molecule is CC1(N)C(N2CCCC2)=Cc2ccccc21. The summed E-state index contributed by atoms with van der Waals surface area (Å²) >= 11 is 0. The lowest BCUT2D eigenvalue weighted by Gasteiger charge is -2.31. The zero-order valence-electron chi connectivity index (χ0n) is 9.74. The Labute approximate surface area is 96.7 Å². The molecule has 2 nitrogen and oxygen atoms in total. The molecule has 0 radical (unpaired) electrons. The van der Waals surface area contributed by atoms with Crippen LogP contribution in [0.4, 0.5) is 0 Å². The summed E-state index contributed by atoms with van der Waals surface area (Å²) < 4.78 is 0. The topological polar surface area (TPSA) is 29.3 Å². The van der Waals surface area contributed by atoms with E-state index in [2.05, 4.69) is 42.2 Å². The van der Waals surface area contributed by atoms with Gasteiger partial charge in [0.15, 0.2) is 0 Å². The monoisotopic (exact) mass is 214 g/mol. The number of hydrogen-bond donors (Lipinski definition) is 1. The van der Waals surface area contributed by atoms with Crippen LogP contribution in [0.5, 0.6) is 0 Å². The van der Waals surface area contributed by atoms with E-state index in [-0.39, 0.29) is 5.54 Å². The van der Waals surface area contributed by atoms with E-state index in [0.717, 1.165) is 13.1 Å². The largest absolute Gasteiger partial charge is 0.373 e. The van der Waals surface area contributed by atoms with Gasteiger partial charge in [-0.05, 0) is 37.0 Å². The van der Waals surface area contributed by atoms with Crippen LogP contribution in [0.2, 0.25) is 0 Å². The van der Waals surface area contributed by atoms with Gasteiger partial charge >= 0.3 is 0 Å². The third kappa shape index (κ3) is 1.30. The molecule has 1 fully saturated rings. The second-order valence-electron chi connectivity index (χ2n) is 5.01. The number of hydrogen-bond acceptors (Lipinski definition) is 2. The predicted octanol–water partition coefficient (Wildman–Crippen LogP) is 2.31. The van der Waals surface area contributed by atoms with Crippen molar-refractivity contribution < 1.29 is 0 Å². The van der Waals surface area contributed by atoms with E-state index < -0.39 is 0 Å². The number of fused-ring (bicyclic) bond motifs is 1. The Morgan fingerprint density at radius 1 is 1.19 bits per heavy atom. The van der Waals surface area contributed by atoms with Gasteiger partial charge in [-0.3, -0.25) is 0 Å². The molecule has 3 rings (SSSR count). The Morgan fingerprint density at radius 2 is 1.88 bits per heavy atom. The molecule has 0 aromatic heterocycles. The van der Waals surface area contributed by atoms with Crippen LogP contribution in [0.25, 0.3) is 6.08 Å². The highest BCUT2D eigenvalue weighted by atomic mass is 15.2. The van der Waals surface area contributed by atoms with Crippen molar-refractivity contribution in [2.75, 3.05) is 13.1 Å². The summed E-state index contributed by atoms with van der Waals surface area (Å²) in [4.78, 5) is 2.44. The van der Waals surface area contributed by atoms with E-state index in [1.54, 1.807) is 0 Å². The van der Waals surface area contributed by atoms with Crippen molar-refractivity contribution in [2.24, 2.45) is 5.73 Å². The molecule has 2 N–H and O–H groups in total. The highest BCUT2D eigenvalue weighted by Gasteiger charge is 2.36. The first-order valence-electron chi connectivity index (χ1n) is 6.05. The smallest absolute Gasteiger partial charge is 0.0792 e. The van der Waals surface area contributed by atoms with Crippen LogP contribution in [0.1, 0.15) is 30.9 Å². The van der Waals surface area contributed by atoms with Gasteiger partial charge in [-0.15, -0.1) is 0 Å². The average molecular weight is 214 g/mol. The van der Waals surface area contributed by atoms with Crippen LogP contribution in [0.3, 0.4) is 0 Å². The van der Waals surface area contributed by atoms with E-state index in [1.165, 1.54) is 29.7 Å². The van der Waals surface area contributed by atoms with Crippen molar-refractivity contribution in [1.82, 2.24) is 4.90 Å². The summed E-state index contributed by atoms with van der Waals surface area (Å²) in [6.45, 7) is 4.45. The predicted molar refractivity (Wildman–Crippen MR) is 66.8 cm³/mol. The minimum Gasteiger partial charge on any atom is -0.373 e. The van der Waals surface area contributed by atoms with Crippen LogP contribution in [0, 0.1) is 0 Å². The standard InChI is InChI=1S/C14H18N2/c1-14(15)12-7-3-2-6-11(12)10-13(14)16-8-4-5-9-16/h2-3,6-7,10H,4-5,8-9,15H2,1H3. The molecule has 1 aromatic rings. The van der Waals surface area contributed by atoms with Crippen molar-refractivity contribution in [1.29, 1.82) is 0 Å². The summed E-state index contributed by atoms with van der Waals surface area (Å²) in [6, 6.07) is 8.46. The molecule has 2 aliphatic rings.